The van der Waals surface area contributed by atoms with Crippen molar-refractivity contribution in [1.82, 2.24) is 10.2 Å². The molecule has 0 atom stereocenters. The van der Waals surface area contributed by atoms with Gasteiger partial charge >= 0.3 is 5.97 Å². The molecular weight excluding hydrogens is 222 g/mol. The zero-order valence-corrected chi connectivity index (χ0v) is 10.4. The Hall–Kier alpha value is -1.61. The van der Waals surface area contributed by atoms with Crippen molar-refractivity contribution < 1.29 is 14.3 Å². The molecule has 6 nitrogen and oxygen atoms in total. The van der Waals surface area contributed by atoms with Gasteiger partial charge in [-0.1, -0.05) is 0 Å². The number of rotatable bonds is 8. The van der Waals surface area contributed by atoms with Gasteiger partial charge in [0.05, 0.1) is 6.07 Å². The van der Waals surface area contributed by atoms with Crippen molar-refractivity contribution in [3.8, 4) is 6.07 Å². The van der Waals surface area contributed by atoms with Crippen LogP contribution in [0.3, 0.4) is 0 Å². The van der Waals surface area contributed by atoms with Crippen molar-refractivity contribution in [3.63, 3.8) is 0 Å². The van der Waals surface area contributed by atoms with Crippen molar-refractivity contribution in [3.05, 3.63) is 0 Å². The van der Waals surface area contributed by atoms with Crippen LogP contribution in [0.15, 0.2) is 0 Å². The third-order valence-electron chi connectivity index (χ3n) is 2.05. The summed E-state index contributed by atoms with van der Waals surface area (Å²) in [5.41, 5.74) is 0. The van der Waals surface area contributed by atoms with E-state index in [0.29, 0.717) is 39.2 Å². The molecule has 6 heteroatoms. The van der Waals surface area contributed by atoms with Crippen molar-refractivity contribution in [2.45, 2.75) is 20.3 Å². The molecule has 0 aliphatic rings. The minimum Gasteiger partial charge on any atom is -0.465 e. The second-order valence-electron chi connectivity index (χ2n) is 3.57. The summed E-state index contributed by atoms with van der Waals surface area (Å²) in [5, 5.41) is 11.2. The van der Waals surface area contributed by atoms with E-state index in [1.807, 2.05) is 4.90 Å². The Kier molecular flexibility index (Phi) is 8.69. The Balaban J connectivity index is 3.83. The molecule has 17 heavy (non-hydrogen) atoms. The van der Waals surface area contributed by atoms with Gasteiger partial charge in [0.25, 0.3) is 0 Å². The van der Waals surface area contributed by atoms with Gasteiger partial charge in [-0.2, -0.15) is 5.26 Å². The Bertz CT molecular complexity index is 266. The number of hydrogen-bond donors (Lipinski definition) is 1. The van der Waals surface area contributed by atoms with Crippen LogP contribution < -0.4 is 5.32 Å². The first kappa shape index (κ1) is 15.4. The average molecular weight is 241 g/mol. The molecular formula is C11H19N3O3. The van der Waals surface area contributed by atoms with Gasteiger partial charge in [-0.3, -0.25) is 14.5 Å². The van der Waals surface area contributed by atoms with Crippen molar-refractivity contribution >= 4 is 11.9 Å². The van der Waals surface area contributed by atoms with E-state index in [2.05, 4.69) is 11.4 Å². The lowest BCUT2D eigenvalue weighted by atomic mass is 10.4. The maximum absolute atomic E-state index is 10.7. The Morgan fingerprint density at radius 1 is 1.29 bits per heavy atom. The summed E-state index contributed by atoms with van der Waals surface area (Å²) in [6, 6.07) is 2.06. The van der Waals surface area contributed by atoms with Crippen LogP contribution in [0.4, 0.5) is 0 Å². The van der Waals surface area contributed by atoms with E-state index in [0.717, 1.165) is 0 Å². The van der Waals surface area contributed by atoms with Crippen LogP contribution in [0.2, 0.25) is 0 Å². The van der Waals surface area contributed by atoms with E-state index in [9.17, 15) is 9.59 Å². The summed E-state index contributed by atoms with van der Waals surface area (Å²) in [4.78, 5) is 23.3. The molecule has 0 radical (unpaired) electrons. The normalized spacial score (nSPS) is 9.76. The number of amides is 1. The lowest BCUT2D eigenvalue weighted by Crippen LogP contribution is -2.36. The van der Waals surface area contributed by atoms with Crippen molar-refractivity contribution in [2.75, 3.05) is 32.8 Å². The topological polar surface area (TPSA) is 82.4 Å². The monoisotopic (exact) mass is 241 g/mol. The number of nitriles is 1. The minimum absolute atomic E-state index is 0.0785. The van der Waals surface area contributed by atoms with E-state index in [-0.39, 0.29) is 11.9 Å². The largest absolute Gasteiger partial charge is 0.465 e. The third kappa shape index (κ3) is 10.7. The lowest BCUT2D eigenvalue weighted by molar-refractivity contribution is -0.141. The molecule has 0 aromatic carbocycles. The van der Waals surface area contributed by atoms with Gasteiger partial charge in [-0.15, -0.1) is 0 Å². The van der Waals surface area contributed by atoms with E-state index < -0.39 is 0 Å². The third-order valence-corrected chi connectivity index (χ3v) is 2.05. The van der Waals surface area contributed by atoms with Gasteiger partial charge in [0, 0.05) is 46.4 Å². The van der Waals surface area contributed by atoms with Crippen LogP contribution in [0.5, 0.6) is 0 Å². The number of nitrogens with zero attached hydrogens (tertiary/aromatic N) is 2. The first-order chi connectivity index (χ1) is 8.06. The van der Waals surface area contributed by atoms with Crippen LogP contribution >= 0.6 is 0 Å². The molecule has 0 spiro atoms. The van der Waals surface area contributed by atoms with Gasteiger partial charge < -0.3 is 10.1 Å². The molecule has 0 aliphatic carbocycles. The Morgan fingerprint density at radius 2 is 2.00 bits per heavy atom. The lowest BCUT2D eigenvalue weighted by Gasteiger charge is -2.20. The van der Waals surface area contributed by atoms with Gasteiger partial charge in [-0.25, -0.2) is 0 Å². The van der Waals surface area contributed by atoms with Crippen LogP contribution in [0.1, 0.15) is 20.3 Å². The zero-order chi connectivity index (χ0) is 13.1. The predicted octanol–water partition coefficient (Wildman–Crippen LogP) is -0.0987. The highest BCUT2D eigenvalue weighted by atomic mass is 16.5. The highest BCUT2D eigenvalue weighted by molar-refractivity contribution is 5.72. The van der Waals surface area contributed by atoms with E-state index in [1.54, 1.807) is 0 Å². The fourth-order valence-corrected chi connectivity index (χ4v) is 1.25. The standard InChI is InChI=1S/C11H19N3O3/c1-10(15)13-5-7-14(6-3-4-12)8-9-17-11(2)16/h3,5-9H2,1-2H3,(H,13,15). The fourth-order valence-electron chi connectivity index (χ4n) is 1.25. The molecule has 0 bridgehead atoms. The predicted molar refractivity (Wildman–Crippen MR) is 62.0 cm³/mol. The Labute approximate surface area is 102 Å². The molecule has 0 heterocycles. The molecule has 0 fully saturated rings. The molecule has 0 saturated heterocycles. The second-order valence-corrected chi connectivity index (χ2v) is 3.57. The number of carbonyl (C=O) groups is 2. The molecule has 0 rings (SSSR count). The summed E-state index contributed by atoms with van der Waals surface area (Å²) in [6.45, 7) is 5.47. The summed E-state index contributed by atoms with van der Waals surface area (Å²) < 4.78 is 4.83. The van der Waals surface area contributed by atoms with Gasteiger partial charge in [0.1, 0.15) is 6.61 Å². The molecule has 0 aromatic rings. The van der Waals surface area contributed by atoms with E-state index >= 15 is 0 Å². The quantitative estimate of drug-likeness (QED) is 0.600. The van der Waals surface area contributed by atoms with E-state index in [4.69, 9.17) is 10.00 Å². The van der Waals surface area contributed by atoms with Crippen LogP contribution in [0.25, 0.3) is 0 Å². The molecule has 0 saturated carbocycles. The summed E-state index contributed by atoms with van der Waals surface area (Å²) >= 11 is 0. The first-order valence-corrected chi connectivity index (χ1v) is 5.53. The second kappa shape index (κ2) is 9.60. The summed E-state index contributed by atoms with van der Waals surface area (Å²) in [5.74, 6) is -0.391. The number of hydrogen-bond acceptors (Lipinski definition) is 5. The summed E-state index contributed by atoms with van der Waals surface area (Å²) in [7, 11) is 0. The number of carbonyl (C=O) groups excluding carboxylic acids is 2. The molecule has 0 aliphatic heterocycles. The van der Waals surface area contributed by atoms with E-state index in [1.165, 1.54) is 13.8 Å². The van der Waals surface area contributed by atoms with Crippen LogP contribution in [0, 0.1) is 11.3 Å². The number of nitrogens with one attached hydrogen (secondary N) is 1. The highest BCUT2D eigenvalue weighted by Gasteiger charge is 2.05. The fraction of sp³-hybridized carbons (Fsp3) is 0.727. The van der Waals surface area contributed by atoms with Gasteiger partial charge in [-0.05, 0) is 0 Å². The maximum Gasteiger partial charge on any atom is 0.302 e. The Morgan fingerprint density at radius 3 is 2.53 bits per heavy atom. The van der Waals surface area contributed by atoms with Crippen LogP contribution in [-0.2, 0) is 14.3 Å². The average Bonchev–Trinajstić information content (AvgIpc) is 2.24. The molecule has 1 amide bonds. The van der Waals surface area contributed by atoms with Gasteiger partial charge in [0.2, 0.25) is 5.91 Å². The molecule has 1 N–H and O–H groups in total. The summed E-state index contributed by atoms with van der Waals surface area (Å²) in [6.07, 6.45) is 0.417. The smallest absolute Gasteiger partial charge is 0.302 e. The number of esters is 1. The van der Waals surface area contributed by atoms with Crippen molar-refractivity contribution in [1.29, 1.82) is 5.26 Å². The molecule has 96 valence electrons. The first-order valence-electron chi connectivity index (χ1n) is 5.53. The SMILES string of the molecule is CC(=O)NCCN(CCC#N)CCOC(C)=O. The van der Waals surface area contributed by atoms with Crippen molar-refractivity contribution in [2.24, 2.45) is 0 Å². The minimum atomic E-state index is -0.313. The molecule has 0 unspecified atom stereocenters. The van der Waals surface area contributed by atoms with Crippen LogP contribution in [-0.4, -0.2) is 49.6 Å². The maximum atomic E-state index is 10.7. The zero-order valence-electron chi connectivity index (χ0n) is 10.4. The molecule has 0 aromatic heterocycles. The number of ether oxygens (including phenoxy) is 1. The van der Waals surface area contributed by atoms with Gasteiger partial charge in [0.15, 0.2) is 0 Å². The highest BCUT2D eigenvalue weighted by Crippen LogP contribution is 1.91.